The number of nitrogens with zero attached hydrogens (tertiary/aromatic N) is 4. The van der Waals surface area contributed by atoms with E-state index in [9.17, 15) is 4.39 Å². The number of aromatic nitrogens is 2. The zero-order valence-corrected chi connectivity index (χ0v) is 16.8. The summed E-state index contributed by atoms with van der Waals surface area (Å²) in [4.78, 5) is 6.58. The first kappa shape index (κ1) is 20.3. The topological polar surface area (TPSA) is 54.7 Å². The molecule has 28 heavy (non-hydrogen) atoms. The summed E-state index contributed by atoms with van der Waals surface area (Å²) in [7, 11) is 3.90. The quantitative estimate of drug-likeness (QED) is 0.586. The highest BCUT2D eigenvalue weighted by molar-refractivity contribution is 5.79. The molecule has 1 saturated heterocycles. The number of nitrogens with one attached hydrogen (secondary N) is 1. The van der Waals surface area contributed by atoms with Crippen LogP contribution in [0.2, 0.25) is 0 Å². The van der Waals surface area contributed by atoms with Gasteiger partial charge in [0.15, 0.2) is 5.96 Å². The standard InChI is InChI=1S/C21H30FN5O/c1-23-21(26(2)13-8-17-10-15-28-16-11-17)24-12-7-19-9-14-27(25-19)20-5-3-18(22)4-6-20/h3-6,9,14,17H,7-8,10-13,15-16H2,1-2H3,(H,23,24). The van der Waals surface area contributed by atoms with Crippen LogP contribution in [0.5, 0.6) is 0 Å². The van der Waals surface area contributed by atoms with Crippen molar-refractivity contribution in [3.63, 3.8) is 0 Å². The van der Waals surface area contributed by atoms with Gasteiger partial charge >= 0.3 is 0 Å². The molecule has 2 aromatic rings. The minimum absolute atomic E-state index is 0.243. The second kappa shape index (κ2) is 10.2. The van der Waals surface area contributed by atoms with Crippen molar-refractivity contribution in [3.05, 3.63) is 48.0 Å². The number of rotatable bonds is 7. The summed E-state index contributed by atoms with van der Waals surface area (Å²) in [6.07, 6.45) is 6.19. The molecule has 152 valence electrons. The summed E-state index contributed by atoms with van der Waals surface area (Å²) in [5, 5.41) is 7.98. The van der Waals surface area contributed by atoms with Gasteiger partial charge < -0.3 is 15.0 Å². The summed E-state index contributed by atoms with van der Waals surface area (Å²) in [6, 6.07) is 8.32. The van der Waals surface area contributed by atoms with Crippen LogP contribution in [-0.4, -0.2) is 61.0 Å². The summed E-state index contributed by atoms with van der Waals surface area (Å²) < 4.78 is 20.2. The first-order valence-electron chi connectivity index (χ1n) is 9.95. The number of aliphatic imine (C=N–C) groups is 1. The van der Waals surface area contributed by atoms with E-state index in [1.54, 1.807) is 16.8 Å². The normalized spacial score (nSPS) is 15.6. The molecule has 0 aliphatic carbocycles. The summed E-state index contributed by atoms with van der Waals surface area (Å²) >= 11 is 0. The fourth-order valence-corrected chi connectivity index (χ4v) is 3.44. The Hall–Kier alpha value is -2.41. The number of benzene rings is 1. The van der Waals surface area contributed by atoms with Gasteiger partial charge in [0.25, 0.3) is 0 Å². The van der Waals surface area contributed by atoms with E-state index in [4.69, 9.17) is 4.74 Å². The van der Waals surface area contributed by atoms with E-state index in [0.717, 1.165) is 68.8 Å². The van der Waals surface area contributed by atoms with Gasteiger partial charge in [-0.1, -0.05) is 0 Å². The Bertz CT molecular complexity index is 752. The predicted octanol–water partition coefficient (Wildman–Crippen LogP) is 2.88. The Labute approximate surface area is 166 Å². The zero-order chi connectivity index (χ0) is 19.8. The van der Waals surface area contributed by atoms with Crippen LogP contribution in [0.4, 0.5) is 4.39 Å². The maximum absolute atomic E-state index is 13.1. The smallest absolute Gasteiger partial charge is 0.193 e. The molecule has 1 fully saturated rings. The molecule has 2 heterocycles. The minimum Gasteiger partial charge on any atom is -0.381 e. The Balaban J connectivity index is 1.43. The van der Waals surface area contributed by atoms with Crippen molar-refractivity contribution < 1.29 is 9.13 Å². The first-order valence-corrected chi connectivity index (χ1v) is 9.95. The zero-order valence-electron chi connectivity index (χ0n) is 16.8. The maximum Gasteiger partial charge on any atom is 0.193 e. The molecule has 1 aromatic carbocycles. The number of guanidine groups is 1. The van der Waals surface area contributed by atoms with Gasteiger partial charge in [-0.05, 0) is 55.5 Å². The molecule has 1 aliphatic rings. The third kappa shape index (κ3) is 5.79. The lowest BCUT2D eigenvalue weighted by Gasteiger charge is -2.26. The second-order valence-electron chi connectivity index (χ2n) is 7.22. The van der Waals surface area contributed by atoms with E-state index in [1.807, 2.05) is 19.3 Å². The van der Waals surface area contributed by atoms with Crippen molar-refractivity contribution in [2.45, 2.75) is 25.7 Å². The van der Waals surface area contributed by atoms with Crippen LogP contribution in [0.3, 0.4) is 0 Å². The molecule has 1 aliphatic heterocycles. The van der Waals surface area contributed by atoms with Gasteiger partial charge in [-0.2, -0.15) is 5.10 Å². The average Bonchev–Trinajstić information content (AvgIpc) is 3.19. The maximum atomic E-state index is 13.1. The predicted molar refractivity (Wildman–Crippen MR) is 109 cm³/mol. The SMILES string of the molecule is CN=C(NCCc1ccn(-c2ccc(F)cc2)n1)N(C)CCC1CCOCC1. The van der Waals surface area contributed by atoms with Gasteiger partial charge in [0.2, 0.25) is 0 Å². The summed E-state index contributed by atoms with van der Waals surface area (Å²) in [5.41, 5.74) is 1.83. The number of halogens is 1. The molecule has 0 bridgehead atoms. The van der Waals surface area contributed by atoms with Gasteiger partial charge in [0.05, 0.1) is 11.4 Å². The highest BCUT2D eigenvalue weighted by Crippen LogP contribution is 2.18. The molecule has 1 N–H and O–H groups in total. The highest BCUT2D eigenvalue weighted by atomic mass is 19.1. The van der Waals surface area contributed by atoms with Gasteiger partial charge in [-0.15, -0.1) is 0 Å². The van der Waals surface area contributed by atoms with Crippen LogP contribution in [0.25, 0.3) is 5.69 Å². The van der Waals surface area contributed by atoms with E-state index < -0.39 is 0 Å². The number of hydrogen-bond donors (Lipinski definition) is 1. The minimum atomic E-state index is -0.243. The Morgan fingerprint density at radius 3 is 2.75 bits per heavy atom. The lowest BCUT2D eigenvalue weighted by atomic mass is 9.96. The number of hydrogen-bond acceptors (Lipinski definition) is 3. The molecule has 0 saturated carbocycles. The van der Waals surface area contributed by atoms with Crippen LogP contribution < -0.4 is 5.32 Å². The Morgan fingerprint density at radius 1 is 1.29 bits per heavy atom. The molecule has 0 unspecified atom stereocenters. The molecule has 7 heteroatoms. The van der Waals surface area contributed by atoms with Crippen LogP contribution in [0.1, 0.15) is 25.0 Å². The van der Waals surface area contributed by atoms with Gasteiger partial charge in [0.1, 0.15) is 5.82 Å². The molecule has 6 nitrogen and oxygen atoms in total. The monoisotopic (exact) mass is 387 g/mol. The van der Waals surface area contributed by atoms with E-state index >= 15 is 0 Å². The lowest BCUT2D eigenvalue weighted by molar-refractivity contribution is 0.0625. The van der Waals surface area contributed by atoms with Gasteiger partial charge in [0, 0.05) is 53.0 Å². The molecule has 0 radical (unpaired) electrons. The van der Waals surface area contributed by atoms with Gasteiger partial charge in [-0.3, -0.25) is 4.99 Å². The number of ether oxygens (including phenoxy) is 1. The Morgan fingerprint density at radius 2 is 2.04 bits per heavy atom. The molecule has 0 spiro atoms. The van der Waals surface area contributed by atoms with Crippen molar-refractivity contribution in [3.8, 4) is 5.69 Å². The fourth-order valence-electron chi connectivity index (χ4n) is 3.44. The molecule has 1 aromatic heterocycles. The van der Waals surface area contributed by atoms with Crippen molar-refractivity contribution in [1.82, 2.24) is 20.0 Å². The molecular weight excluding hydrogens is 357 g/mol. The lowest BCUT2D eigenvalue weighted by Crippen LogP contribution is -2.40. The van der Waals surface area contributed by atoms with E-state index in [1.165, 1.54) is 18.6 Å². The van der Waals surface area contributed by atoms with Crippen LogP contribution in [0.15, 0.2) is 41.5 Å². The van der Waals surface area contributed by atoms with Crippen molar-refractivity contribution in [1.29, 1.82) is 0 Å². The van der Waals surface area contributed by atoms with Crippen molar-refractivity contribution >= 4 is 5.96 Å². The van der Waals surface area contributed by atoms with Crippen molar-refractivity contribution in [2.75, 3.05) is 40.4 Å². The Kier molecular flexibility index (Phi) is 7.42. The average molecular weight is 388 g/mol. The second-order valence-corrected chi connectivity index (χ2v) is 7.22. The van der Waals surface area contributed by atoms with Crippen LogP contribution in [0, 0.1) is 11.7 Å². The molecule has 3 rings (SSSR count). The highest BCUT2D eigenvalue weighted by Gasteiger charge is 2.15. The molecule has 0 atom stereocenters. The third-order valence-electron chi connectivity index (χ3n) is 5.19. The van der Waals surface area contributed by atoms with E-state index in [0.29, 0.717) is 0 Å². The molecular formula is C21H30FN5O. The summed E-state index contributed by atoms with van der Waals surface area (Å²) in [5.74, 6) is 1.42. The molecule has 0 amide bonds. The van der Waals surface area contributed by atoms with Crippen LogP contribution in [-0.2, 0) is 11.2 Å². The van der Waals surface area contributed by atoms with Gasteiger partial charge in [-0.25, -0.2) is 9.07 Å². The summed E-state index contributed by atoms with van der Waals surface area (Å²) in [6.45, 7) is 3.54. The largest absolute Gasteiger partial charge is 0.381 e. The van der Waals surface area contributed by atoms with Crippen molar-refractivity contribution in [2.24, 2.45) is 10.9 Å². The van der Waals surface area contributed by atoms with E-state index in [-0.39, 0.29) is 5.82 Å². The third-order valence-corrected chi connectivity index (χ3v) is 5.19. The first-order chi connectivity index (χ1) is 13.7. The van der Waals surface area contributed by atoms with Crippen LogP contribution >= 0.6 is 0 Å². The fraction of sp³-hybridized carbons (Fsp3) is 0.524. The van der Waals surface area contributed by atoms with E-state index in [2.05, 4.69) is 27.4 Å².